The summed E-state index contributed by atoms with van der Waals surface area (Å²) in [7, 11) is -3.35. The normalized spacial score (nSPS) is 27.1. The minimum Gasteiger partial charge on any atom is -0.469 e. The minimum absolute atomic E-state index is 0.559. The van der Waals surface area contributed by atoms with E-state index in [4.69, 9.17) is 23.7 Å². The average Bonchev–Trinajstić information content (AvgIpc) is 2.68. The Bertz CT molecular complexity index is 886. The third-order valence-electron chi connectivity index (χ3n) is 4.17. The molecule has 0 amide bonds. The zero-order valence-corrected chi connectivity index (χ0v) is 20.9. The molecule has 13 nitrogen and oxygen atoms in total. The van der Waals surface area contributed by atoms with Crippen LogP contribution in [0.2, 0.25) is 0 Å². The number of hydrogen-bond donors (Lipinski definition) is 0. The van der Waals surface area contributed by atoms with Crippen LogP contribution < -0.4 is 0 Å². The Morgan fingerprint density at radius 3 is 1.85 bits per heavy atom. The standard InChI is InChI=1S/C18H25BrO13S/c1-9(20)28-8-18(19)16(31-12(4)23)14(29-10(2)21)15(30-11(3)22)17(32-18)33(25,26)7-6-13(24)27-5/h14-17H,6-8H2,1-5H3/t14-,15-,16+,17+,18-/m1/s1. The molecule has 1 aliphatic rings. The predicted molar refractivity (Wildman–Crippen MR) is 110 cm³/mol. The Kier molecular flexibility index (Phi) is 10.2. The van der Waals surface area contributed by atoms with E-state index >= 15 is 0 Å². The van der Waals surface area contributed by atoms with E-state index in [-0.39, 0.29) is 0 Å². The van der Waals surface area contributed by atoms with Gasteiger partial charge in [0, 0.05) is 27.7 Å². The van der Waals surface area contributed by atoms with Crippen LogP contribution in [-0.2, 0) is 62.2 Å². The molecule has 1 heterocycles. The van der Waals surface area contributed by atoms with E-state index in [2.05, 4.69) is 20.7 Å². The van der Waals surface area contributed by atoms with Gasteiger partial charge in [0.25, 0.3) is 0 Å². The summed E-state index contributed by atoms with van der Waals surface area (Å²) in [4.78, 5) is 58.2. The molecule has 0 aromatic rings. The topological polar surface area (TPSA) is 175 Å². The summed E-state index contributed by atoms with van der Waals surface area (Å²) >= 11 is 3.11. The van der Waals surface area contributed by atoms with E-state index in [1.807, 2.05) is 0 Å². The summed E-state index contributed by atoms with van der Waals surface area (Å²) in [5, 5.41) is 0. The third-order valence-corrected chi connectivity index (χ3v) is 6.88. The number of esters is 5. The number of ether oxygens (including phenoxy) is 6. The molecule has 1 rings (SSSR count). The number of carbonyl (C=O) groups excluding carboxylic acids is 5. The Labute approximate surface area is 198 Å². The van der Waals surface area contributed by atoms with Gasteiger partial charge in [-0.1, -0.05) is 0 Å². The largest absolute Gasteiger partial charge is 0.469 e. The minimum atomic E-state index is -4.42. The lowest BCUT2D eigenvalue weighted by Gasteiger charge is -2.48. The third kappa shape index (κ3) is 8.23. The number of carbonyl (C=O) groups is 5. The first-order valence-corrected chi connectivity index (χ1v) is 11.9. The lowest BCUT2D eigenvalue weighted by Crippen LogP contribution is -2.68. The molecule has 188 valence electrons. The maximum Gasteiger partial charge on any atom is 0.306 e. The molecule has 0 aliphatic carbocycles. The summed E-state index contributed by atoms with van der Waals surface area (Å²) in [5.41, 5.74) is -2.02. The number of halogens is 1. The van der Waals surface area contributed by atoms with E-state index in [9.17, 15) is 32.4 Å². The lowest BCUT2D eigenvalue weighted by molar-refractivity contribution is -0.246. The highest BCUT2D eigenvalue weighted by molar-refractivity contribution is 9.10. The van der Waals surface area contributed by atoms with E-state index < -0.39 is 86.7 Å². The van der Waals surface area contributed by atoms with Gasteiger partial charge in [-0.25, -0.2) is 8.42 Å². The molecule has 0 spiro atoms. The summed E-state index contributed by atoms with van der Waals surface area (Å²) in [6.07, 6.45) is -5.68. The van der Waals surface area contributed by atoms with Gasteiger partial charge in [-0.05, 0) is 15.9 Å². The van der Waals surface area contributed by atoms with Crippen LogP contribution in [0.25, 0.3) is 0 Å². The second-order valence-corrected chi connectivity index (χ2v) is 10.5. The molecule has 1 saturated heterocycles. The Morgan fingerprint density at radius 1 is 0.879 bits per heavy atom. The van der Waals surface area contributed by atoms with Crippen LogP contribution >= 0.6 is 15.9 Å². The molecule has 1 fully saturated rings. The molecule has 15 heteroatoms. The molecule has 0 saturated carbocycles. The van der Waals surface area contributed by atoms with Crippen molar-refractivity contribution < 1.29 is 60.8 Å². The van der Waals surface area contributed by atoms with Gasteiger partial charge in [-0.3, -0.25) is 24.0 Å². The van der Waals surface area contributed by atoms with Crippen LogP contribution in [0.5, 0.6) is 0 Å². The molecule has 0 bridgehead atoms. The SMILES string of the molecule is COC(=O)CCS(=O)(=O)[C@@H]1O[C@](Br)(COC(C)=O)[C@@H](OC(C)=O)[C@H](OC(C)=O)[C@H]1OC(C)=O. The van der Waals surface area contributed by atoms with Crippen molar-refractivity contribution in [3.8, 4) is 0 Å². The molecule has 0 N–H and O–H groups in total. The quantitative estimate of drug-likeness (QED) is 0.205. The van der Waals surface area contributed by atoms with Crippen molar-refractivity contribution in [2.24, 2.45) is 0 Å². The number of alkyl halides is 1. The van der Waals surface area contributed by atoms with Crippen LogP contribution in [0.15, 0.2) is 0 Å². The lowest BCUT2D eigenvalue weighted by atomic mass is 9.99. The Balaban J connectivity index is 3.61. The highest BCUT2D eigenvalue weighted by Gasteiger charge is 2.62. The highest BCUT2D eigenvalue weighted by Crippen LogP contribution is 2.42. The molecule has 0 aromatic carbocycles. The highest BCUT2D eigenvalue weighted by atomic mass is 79.9. The van der Waals surface area contributed by atoms with Gasteiger partial charge >= 0.3 is 29.8 Å². The van der Waals surface area contributed by atoms with E-state index in [0.29, 0.717) is 0 Å². The molecular formula is C18H25BrO13S. The second kappa shape index (κ2) is 11.7. The van der Waals surface area contributed by atoms with Crippen molar-refractivity contribution in [1.29, 1.82) is 0 Å². The molecule has 0 radical (unpaired) electrons. The smallest absolute Gasteiger partial charge is 0.306 e. The molecule has 33 heavy (non-hydrogen) atoms. The second-order valence-electron chi connectivity index (χ2n) is 6.92. The van der Waals surface area contributed by atoms with Crippen LogP contribution in [-0.4, -0.2) is 86.0 Å². The van der Waals surface area contributed by atoms with E-state index in [0.717, 1.165) is 34.8 Å². The predicted octanol–water partition coefficient (Wildman–Crippen LogP) is -0.230. The van der Waals surface area contributed by atoms with E-state index in [1.54, 1.807) is 0 Å². The van der Waals surface area contributed by atoms with Gasteiger partial charge in [0.15, 0.2) is 32.7 Å². The van der Waals surface area contributed by atoms with Gasteiger partial charge in [0.1, 0.15) is 6.61 Å². The molecular weight excluding hydrogens is 536 g/mol. The van der Waals surface area contributed by atoms with Gasteiger partial charge in [0.2, 0.25) is 5.44 Å². The zero-order valence-electron chi connectivity index (χ0n) is 18.5. The monoisotopic (exact) mass is 560 g/mol. The van der Waals surface area contributed by atoms with Gasteiger partial charge in [-0.2, -0.15) is 0 Å². The van der Waals surface area contributed by atoms with E-state index in [1.165, 1.54) is 0 Å². The first-order chi connectivity index (χ1) is 15.1. The maximum atomic E-state index is 13.1. The molecule has 0 unspecified atom stereocenters. The number of methoxy groups -OCH3 is 1. The van der Waals surface area contributed by atoms with Gasteiger partial charge in [0.05, 0.1) is 19.3 Å². The van der Waals surface area contributed by atoms with Crippen LogP contribution in [0.3, 0.4) is 0 Å². The van der Waals surface area contributed by atoms with Crippen molar-refractivity contribution in [2.75, 3.05) is 19.5 Å². The van der Waals surface area contributed by atoms with Crippen LogP contribution in [0.4, 0.5) is 0 Å². The fourth-order valence-electron chi connectivity index (χ4n) is 2.91. The first kappa shape index (κ1) is 28.8. The summed E-state index contributed by atoms with van der Waals surface area (Å²) in [6, 6.07) is 0. The van der Waals surface area contributed by atoms with Gasteiger partial charge in [-0.15, -0.1) is 0 Å². The van der Waals surface area contributed by atoms with Crippen molar-refractivity contribution in [3.05, 3.63) is 0 Å². The fraction of sp³-hybridized carbons (Fsp3) is 0.722. The molecule has 5 atom stereocenters. The fourth-order valence-corrected chi connectivity index (χ4v) is 5.32. The van der Waals surface area contributed by atoms with Crippen molar-refractivity contribution >= 4 is 55.6 Å². The van der Waals surface area contributed by atoms with Crippen molar-refractivity contribution in [1.82, 2.24) is 0 Å². The summed E-state index contributed by atoms with van der Waals surface area (Å²) in [6.45, 7) is 3.36. The first-order valence-electron chi connectivity index (χ1n) is 9.43. The van der Waals surface area contributed by atoms with Crippen LogP contribution in [0.1, 0.15) is 34.1 Å². The molecule has 0 aromatic heterocycles. The summed E-state index contributed by atoms with van der Waals surface area (Å²) in [5.74, 6) is -5.18. The Hall–Kier alpha value is -2.26. The average molecular weight is 561 g/mol. The van der Waals surface area contributed by atoms with Crippen molar-refractivity contribution in [3.63, 3.8) is 0 Å². The van der Waals surface area contributed by atoms with Crippen LogP contribution in [0, 0.1) is 0 Å². The number of hydrogen-bond acceptors (Lipinski definition) is 13. The van der Waals surface area contributed by atoms with Crippen molar-refractivity contribution in [2.45, 2.75) is 62.4 Å². The number of sulfone groups is 1. The zero-order chi connectivity index (χ0) is 25.6. The van der Waals surface area contributed by atoms with Gasteiger partial charge < -0.3 is 28.4 Å². The maximum absolute atomic E-state index is 13.1. The summed E-state index contributed by atoms with van der Waals surface area (Å²) < 4.78 is 54.6. The number of rotatable bonds is 9. The Morgan fingerprint density at radius 2 is 1.39 bits per heavy atom. The molecule has 1 aliphatic heterocycles.